The minimum atomic E-state index is -3.92. The maximum atomic E-state index is 12.3. The predicted octanol–water partition coefficient (Wildman–Crippen LogP) is 2.12. The Labute approximate surface area is 159 Å². The standard InChI is InChI=1S/C18H26N2O6S/c1-13(2)26-15-7-5-14(6-8-15)20-27(24,25)12-16(21)19-18(11-17(22)23)9-3-4-10-18/h5-8,13,20H,3-4,9-12H2,1-2H3,(H,19,21)(H,22,23). The minimum absolute atomic E-state index is 0.00458. The van der Waals surface area contributed by atoms with Gasteiger partial charge in [0.1, 0.15) is 11.5 Å². The van der Waals surface area contributed by atoms with E-state index in [-0.39, 0.29) is 12.5 Å². The second-order valence-electron chi connectivity index (χ2n) is 7.16. The number of carboxylic acids is 1. The summed E-state index contributed by atoms with van der Waals surface area (Å²) in [4.78, 5) is 23.3. The molecule has 0 atom stereocenters. The van der Waals surface area contributed by atoms with Crippen LogP contribution < -0.4 is 14.8 Å². The van der Waals surface area contributed by atoms with Crippen molar-refractivity contribution >= 4 is 27.6 Å². The number of rotatable bonds is 9. The van der Waals surface area contributed by atoms with Crippen molar-refractivity contribution in [3.8, 4) is 5.75 Å². The third kappa shape index (κ3) is 6.74. The van der Waals surface area contributed by atoms with Crippen LogP contribution in [0.4, 0.5) is 5.69 Å². The van der Waals surface area contributed by atoms with Gasteiger partial charge in [0.2, 0.25) is 15.9 Å². The van der Waals surface area contributed by atoms with Crippen molar-refractivity contribution in [2.75, 3.05) is 10.5 Å². The number of anilines is 1. The second kappa shape index (κ2) is 8.60. The Morgan fingerprint density at radius 1 is 1.19 bits per heavy atom. The lowest BCUT2D eigenvalue weighted by molar-refractivity contribution is -0.139. The largest absolute Gasteiger partial charge is 0.491 e. The molecule has 3 N–H and O–H groups in total. The van der Waals surface area contributed by atoms with Crippen molar-refractivity contribution < 1.29 is 27.9 Å². The van der Waals surface area contributed by atoms with E-state index in [4.69, 9.17) is 9.84 Å². The van der Waals surface area contributed by atoms with Gasteiger partial charge in [0.15, 0.2) is 0 Å². The summed E-state index contributed by atoms with van der Waals surface area (Å²) in [6.07, 6.45) is 2.49. The first-order valence-corrected chi connectivity index (χ1v) is 10.5. The maximum Gasteiger partial charge on any atom is 0.305 e. The zero-order valence-corrected chi connectivity index (χ0v) is 16.3. The summed E-state index contributed by atoms with van der Waals surface area (Å²) in [6, 6.07) is 6.38. The molecule has 1 aliphatic rings. The minimum Gasteiger partial charge on any atom is -0.491 e. The highest BCUT2D eigenvalue weighted by atomic mass is 32.2. The number of carbonyl (C=O) groups is 2. The normalized spacial score (nSPS) is 16.1. The van der Waals surface area contributed by atoms with Gasteiger partial charge in [-0.25, -0.2) is 8.42 Å². The average Bonchev–Trinajstić information content (AvgIpc) is 2.94. The first kappa shape index (κ1) is 21.0. The monoisotopic (exact) mass is 398 g/mol. The molecule has 0 heterocycles. The molecule has 150 valence electrons. The zero-order chi connectivity index (χ0) is 20.1. The Hall–Kier alpha value is -2.29. The zero-order valence-electron chi connectivity index (χ0n) is 15.5. The molecule has 0 radical (unpaired) electrons. The van der Waals surface area contributed by atoms with E-state index in [0.717, 1.165) is 12.8 Å². The van der Waals surface area contributed by atoms with Crippen LogP contribution in [0.15, 0.2) is 24.3 Å². The number of hydrogen-bond donors (Lipinski definition) is 3. The van der Waals surface area contributed by atoms with Gasteiger partial charge in [0.25, 0.3) is 0 Å². The molecular weight excluding hydrogens is 372 g/mol. The molecule has 0 bridgehead atoms. The number of aliphatic carboxylic acids is 1. The summed E-state index contributed by atoms with van der Waals surface area (Å²) in [7, 11) is -3.92. The summed E-state index contributed by atoms with van der Waals surface area (Å²) < 4.78 is 32.3. The average molecular weight is 398 g/mol. The molecule has 1 aromatic carbocycles. The molecule has 1 saturated carbocycles. The van der Waals surface area contributed by atoms with Gasteiger partial charge in [-0.15, -0.1) is 0 Å². The molecule has 27 heavy (non-hydrogen) atoms. The van der Waals surface area contributed by atoms with Gasteiger partial charge < -0.3 is 15.2 Å². The molecule has 9 heteroatoms. The number of nitrogens with one attached hydrogen (secondary N) is 2. The Morgan fingerprint density at radius 3 is 2.30 bits per heavy atom. The number of ether oxygens (including phenoxy) is 1. The lowest BCUT2D eigenvalue weighted by Gasteiger charge is -2.28. The molecular formula is C18H26N2O6S. The molecule has 1 amide bonds. The van der Waals surface area contributed by atoms with Gasteiger partial charge in [0, 0.05) is 5.69 Å². The van der Waals surface area contributed by atoms with Crippen molar-refractivity contribution in [1.82, 2.24) is 5.32 Å². The van der Waals surface area contributed by atoms with E-state index in [0.29, 0.717) is 24.3 Å². The van der Waals surface area contributed by atoms with Crippen molar-refractivity contribution in [2.24, 2.45) is 0 Å². The van der Waals surface area contributed by atoms with Gasteiger partial charge in [-0.1, -0.05) is 12.8 Å². The van der Waals surface area contributed by atoms with Crippen molar-refractivity contribution in [2.45, 2.75) is 57.6 Å². The summed E-state index contributed by atoms with van der Waals surface area (Å²) in [5, 5.41) is 11.7. The lowest BCUT2D eigenvalue weighted by atomic mass is 9.93. The molecule has 1 fully saturated rings. The van der Waals surface area contributed by atoms with Gasteiger partial charge >= 0.3 is 5.97 Å². The topological polar surface area (TPSA) is 122 Å². The van der Waals surface area contributed by atoms with Crippen LogP contribution in [0.25, 0.3) is 0 Å². The first-order chi connectivity index (χ1) is 12.6. The molecule has 0 saturated heterocycles. The van der Waals surface area contributed by atoms with Crippen LogP contribution in [-0.2, 0) is 19.6 Å². The lowest BCUT2D eigenvalue weighted by Crippen LogP contribution is -2.50. The molecule has 0 aliphatic heterocycles. The fourth-order valence-electron chi connectivity index (χ4n) is 3.28. The third-order valence-corrected chi connectivity index (χ3v) is 5.46. The Morgan fingerprint density at radius 2 is 1.78 bits per heavy atom. The predicted molar refractivity (Wildman–Crippen MR) is 101 cm³/mol. The highest BCUT2D eigenvalue weighted by Crippen LogP contribution is 2.32. The summed E-state index contributed by atoms with van der Waals surface area (Å²) >= 11 is 0. The summed E-state index contributed by atoms with van der Waals surface area (Å²) in [5.74, 6) is -1.87. The maximum absolute atomic E-state index is 12.3. The Bertz CT molecular complexity index is 768. The second-order valence-corrected chi connectivity index (χ2v) is 8.88. The molecule has 1 aromatic rings. The van der Waals surface area contributed by atoms with Crippen molar-refractivity contribution in [3.05, 3.63) is 24.3 Å². The van der Waals surface area contributed by atoms with Crippen LogP contribution in [0, 0.1) is 0 Å². The van der Waals surface area contributed by atoms with Gasteiger partial charge in [-0.2, -0.15) is 0 Å². The summed E-state index contributed by atoms with van der Waals surface area (Å²) in [6.45, 7) is 3.77. The van der Waals surface area contributed by atoms with Crippen LogP contribution in [0.1, 0.15) is 46.0 Å². The van der Waals surface area contributed by atoms with E-state index in [1.807, 2.05) is 13.8 Å². The molecule has 1 aliphatic carbocycles. The smallest absolute Gasteiger partial charge is 0.305 e. The molecule has 0 unspecified atom stereocenters. The van der Waals surface area contributed by atoms with Crippen molar-refractivity contribution in [3.63, 3.8) is 0 Å². The SMILES string of the molecule is CC(C)Oc1ccc(NS(=O)(=O)CC(=O)NC2(CC(=O)O)CCCC2)cc1. The fraction of sp³-hybridized carbons (Fsp3) is 0.556. The molecule has 0 spiro atoms. The molecule has 2 rings (SSSR count). The summed E-state index contributed by atoms with van der Waals surface area (Å²) in [5.41, 5.74) is -0.533. The highest BCUT2D eigenvalue weighted by molar-refractivity contribution is 7.93. The Kier molecular flexibility index (Phi) is 6.69. The van der Waals surface area contributed by atoms with E-state index >= 15 is 0 Å². The fourth-order valence-corrected chi connectivity index (χ4v) is 4.27. The van der Waals surface area contributed by atoms with E-state index in [1.165, 1.54) is 0 Å². The quantitative estimate of drug-likeness (QED) is 0.586. The van der Waals surface area contributed by atoms with Crippen LogP contribution >= 0.6 is 0 Å². The highest BCUT2D eigenvalue weighted by Gasteiger charge is 2.38. The number of carboxylic acid groups (broad SMARTS) is 1. The molecule has 0 aromatic heterocycles. The third-order valence-electron chi connectivity index (χ3n) is 4.28. The number of benzene rings is 1. The van der Waals surface area contributed by atoms with Gasteiger partial charge in [-0.3, -0.25) is 14.3 Å². The Balaban J connectivity index is 1.96. The van der Waals surface area contributed by atoms with E-state index in [9.17, 15) is 18.0 Å². The van der Waals surface area contributed by atoms with Crippen LogP contribution in [-0.4, -0.2) is 42.8 Å². The first-order valence-electron chi connectivity index (χ1n) is 8.89. The van der Waals surface area contributed by atoms with E-state index < -0.39 is 33.2 Å². The van der Waals surface area contributed by atoms with Crippen LogP contribution in [0.5, 0.6) is 5.75 Å². The molecule has 8 nitrogen and oxygen atoms in total. The number of carbonyl (C=O) groups excluding carboxylic acids is 1. The van der Waals surface area contributed by atoms with Crippen molar-refractivity contribution in [1.29, 1.82) is 0 Å². The number of amides is 1. The van der Waals surface area contributed by atoms with Gasteiger partial charge in [-0.05, 0) is 51.0 Å². The van der Waals surface area contributed by atoms with E-state index in [2.05, 4.69) is 10.0 Å². The van der Waals surface area contributed by atoms with Gasteiger partial charge in [0.05, 0.1) is 18.1 Å². The van der Waals surface area contributed by atoms with Crippen LogP contribution in [0.3, 0.4) is 0 Å². The van der Waals surface area contributed by atoms with Crippen LogP contribution in [0.2, 0.25) is 0 Å². The number of hydrogen-bond acceptors (Lipinski definition) is 5. The number of sulfonamides is 1. The van der Waals surface area contributed by atoms with E-state index in [1.54, 1.807) is 24.3 Å².